The molecule has 0 amide bonds. The van der Waals surface area contributed by atoms with Crippen molar-refractivity contribution in [1.29, 1.82) is 0 Å². The van der Waals surface area contributed by atoms with Gasteiger partial charge in [-0.2, -0.15) is 0 Å². The highest BCUT2D eigenvalue weighted by molar-refractivity contribution is 6.30. The molecule has 0 saturated carbocycles. The Kier molecular flexibility index (Phi) is 2.83. The van der Waals surface area contributed by atoms with Gasteiger partial charge >= 0.3 is 0 Å². The SMILES string of the molecule is Nc1nc2ccc(F)c(F)c2n1-c1ccc(Cl)c(F)c1. The number of nitrogen functional groups attached to an aromatic ring is 1. The molecule has 0 fully saturated rings. The lowest BCUT2D eigenvalue weighted by atomic mass is 10.2. The maximum absolute atomic E-state index is 13.9. The van der Waals surface area contributed by atoms with E-state index in [0.717, 1.165) is 16.7 Å². The fourth-order valence-electron chi connectivity index (χ4n) is 2.01. The first-order valence-electron chi connectivity index (χ1n) is 5.56. The summed E-state index contributed by atoms with van der Waals surface area (Å²) >= 11 is 5.59. The van der Waals surface area contributed by atoms with Gasteiger partial charge in [-0.1, -0.05) is 11.6 Å². The van der Waals surface area contributed by atoms with Crippen molar-refractivity contribution >= 4 is 28.6 Å². The van der Waals surface area contributed by atoms with Crippen molar-refractivity contribution < 1.29 is 13.2 Å². The molecule has 0 spiro atoms. The third-order valence-electron chi connectivity index (χ3n) is 2.90. The topological polar surface area (TPSA) is 43.8 Å². The van der Waals surface area contributed by atoms with Crippen molar-refractivity contribution in [3.8, 4) is 5.69 Å². The molecule has 0 aliphatic rings. The normalized spacial score (nSPS) is 11.2. The van der Waals surface area contributed by atoms with E-state index in [1.807, 2.05) is 0 Å². The molecule has 0 aliphatic heterocycles. The molecule has 20 heavy (non-hydrogen) atoms. The van der Waals surface area contributed by atoms with Crippen LogP contribution in [0.15, 0.2) is 30.3 Å². The minimum Gasteiger partial charge on any atom is -0.369 e. The molecule has 3 rings (SSSR count). The first-order valence-corrected chi connectivity index (χ1v) is 5.94. The zero-order valence-corrected chi connectivity index (χ0v) is 10.6. The molecular weight excluding hydrogens is 291 g/mol. The number of hydrogen-bond donors (Lipinski definition) is 1. The van der Waals surface area contributed by atoms with E-state index in [1.165, 1.54) is 18.2 Å². The number of hydrogen-bond acceptors (Lipinski definition) is 2. The molecule has 102 valence electrons. The number of rotatable bonds is 1. The molecule has 7 heteroatoms. The second-order valence-electron chi connectivity index (χ2n) is 4.13. The highest BCUT2D eigenvalue weighted by atomic mass is 35.5. The number of fused-ring (bicyclic) bond motifs is 1. The van der Waals surface area contributed by atoms with Gasteiger partial charge in [-0.15, -0.1) is 0 Å². The Bertz CT molecular complexity index is 829. The van der Waals surface area contributed by atoms with E-state index in [-0.39, 0.29) is 27.7 Å². The van der Waals surface area contributed by atoms with E-state index in [1.54, 1.807) is 0 Å². The second-order valence-corrected chi connectivity index (χ2v) is 4.54. The minimum atomic E-state index is -1.10. The number of benzene rings is 2. The van der Waals surface area contributed by atoms with Crippen molar-refractivity contribution in [3.63, 3.8) is 0 Å². The maximum Gasteiger partial charge on any atom is 0.206 e. The van der Waals surface area contributed by atoms with Crippen LogP contribution in [-0.4, -0.2) is 9.55 Å². The van der Waals surface area contributed by atoms with Crippen molar-refractivity contribution in [3.05, 3.63) is 52.8 Å². The smallest absolute Gasteiger partial charge is 0.206 e. The van der Waals surface area contributed by atoms with Gasteiger partial charge in [-0.25, -0.2) is 18.2 Å². The lowest BCUT2D eigenvalue weighted by molar-refractivity contribution is 0.514. The molecule has 0 aliphatic carbocycles. The van der Waals surface area contributed by atoms with Crippen molar-refractivity contribution in [2.45, 2.75) is 0 Å². The largest absolute Gasteiger partial charge is 0.369 e. The molecule has 1 aromatic heterocycles. The van der Waals surface area contributed by atoms with Crippen LogP contribution in [0.5, 0.6) is 0 Å². The van der Waals surface area contributed by atoms with Crippen LogP contribution in [-0.2, 0) is 0 Å². The predicted octanol–water partition coefficient (Wildman–Crippen LogP) is 3.68. The summed E-state index contributed by atoms with van der Waals surface area (Å²) < 4.78 is 41.9. The molecule has 0 atom stereocenters. The predicted molar refractivity (Wildman–Crippen MR) is 70.4 cm³/mol. The van der Waals surface area contributed by atoms with E-state index in [0.29, 0.717) is 0 Å². The average Bonchev–Trinajstić information content (AvgIpc) is 2.74. The van der Waals surface area contributed by atoms with Crippen LogP contribution in [0, 0.1) is 17.5 Å². The van der Waals surface area contributed by atoms with E-state index in [2.05, 4.69) is 4.98 Å². The summed E-state index contributed by atoms with van der Waals surface area (Å²) in [6.07, 6.45) is 0. The summed E-state index contributed by atoms with van der Waals surface area (Å²) in [5.74, 6) is -2.90. The standard InChI is InChI=1S/C13H7ClF3N3/c14-7-2-1-6(5-9(7)16)20-12-10(19-13(20)18)4-3-8(15)11(12)17/h1-5H,(H2,18,19). The first kappa shape index (κ1) is 12.8. The van der Waals surface area contributed by atoms with Gasteiger partial charge in [0.1, 0.15) is 11.3 Å². The highest BCUT2D eigenvalue weighted by Gasteiger charge is 2.17. The molecule has 3 aromatic rings. The average molecular weight is 298 g/mol. The number of imidazole rings is 1. The van der Waals surface area contributed by atoms with Crippen molar-refractivity contribution in [1.82, 2.24) is 9.55 Å². The lowest BCUT2D eigenvalue weighted by Crippen LogP contribution is -2.02. The van der Waals surface area contributed by atoms with Crippen molar-refractivity contribution in [2.75, 3.05) is 5.73 Å². The third kappa shape index (κ3) is 1.80. The maximum atomic E-state index is 13.9. The Morgan fingerprint density at radius 1 is 1.05 bits per heavy atom. The van der Waals surface area contributed by atoms with Gasteiger partial charge in [0.05, 0.1) is 16.2 Å². The number of halogens is 4. The lowest BCUT2D eigenvalue weighted by Gasteiger charge is -2.08. The van der Waals surface area contributed by atoms with Gasteiger partial charge < -0.3 is 5.73 Å². The molecule has 0 saturated heterocycles. The second kappa shape index (κ2) is 4.42. The monoisotopic (exact) mass is 297 g/mol. The van der Waals surface area contributed by atoms with Gasteiger partial charge in [-0.05, 0) is 30.3 Å². The van der Waals surface area contributed by atoms with E-state index >= 15 is 0 Å². The summed E-state index contributed by atoms with van der Waals surface area (Å²) in [4.78, 5) is 3.92. The van der Waals surface area contributed by atoms with E-state index in [9.17, 15) is 13.2 Å². The summed E-state index contributed by atoms with van der Waals surface area (Å²) in [6, 6.07) is 6.07. The van der Waals surface area contributed by atoms with Crippen LogP contribution >= 0.6 is 11.6 Å². The van der Waals surface area contributed by atoms with Crippen LogP contribution in [0.3, 0.4) is 0 Å². The number of nitrogens with two attached hydrogens (primary N) is 1. The van der Waals surface area contributed by atoms with E-state index in [4.69, 9.17) is 17.3 Å². The van der Waals surface area contributed by atoms with Crippen molar-refractivity contribution in [2.24, 2.45) is 0 Å². The van der Waals surface area contributed by atoms with Crippen LogP contribution in [0.2, 0.25) is 5.02 Å². The molecule has 0 unspecified atom stereocenters. The number of aromatic nitrogens is 2. The Labute approximate surface area is 116 Å². The van der Waals surface area contributed by atoms with Gasteiger partial charge in [0.2, 0.25) is 5.95 Å². The quantitative estimate of drug-likeness (QED) is 0.744. The summed E-state index contributed by atoms with van der Waals surface area (Å²) in [5, 5.41) is -0.0802. The zero-order chi connectivity index (χ0) is 14.4. The first-order chi connectivity index (χ1) is 9.49. The number of nitrogens with zero attached hydrogens (tertiary/aromatic N) is 2. The molecule has 0 radical (unpaired) electrons. The summed E-state index contributed by atoms with van der Waals surface area (Å²) in [6.45, 7) is 0. The molecule has 3 nitrogen and oxygen atoms in total. The highest BCUT2D eigenvalue weighted by Crippen LogP contribution is 2.28. The fourth-order valence-corrected chi connectivity index (χ4v) is 2.12. The minimum absolute atomic E-state index is 0.0776. The molecule has 0 bridgehead atoms. The third-order valence-corrected chi connectivity index (χ3v) is 3.20. The molecular formula is C13H7ClF3N3. The van der Waals surface area contributed by atoms with Gasteiger partial charge in [0.15, 0.2) is 11.6 Å². The van der Waals surface area contributed by atoms with Gasteiger partial charge in [-0.3, -0.25) is 4.57 Å². The molecule has 2 aromatic carbocycles. The Balaban J connectivity index is 2.38. The molecule has 1 heterocycles. The Hall–Kier alpha value is -2.21. The van der Waals surface area contributed by atoms with Crippen LogP contribution in [0.1, 0.15) is 0 Å². The Morgan fingerprint density at radius 3 is 2.50 bits per heavy atom. The zero-order valence-electron chi connectivity index (χ0n) is 9.87. The van der Waals surface area contributed by atoms with Crippen LogP contribution in [0.4, 0.5) is 19.1 Å². The fraction of sp³-hybridized carbons (Fsp3) is 0. The number of anilines is 1. The van der Waals surface area contributed by atoms with Gasteiger partial charge in [0.25, 0.3) is 0 Å². The van der Waals surface area contributed by atoms with Gasteiger partial charge in [0, 0.05) is 0 Å². The summed E-state index contributed by atoms with van der Waals surface area (Å²) in [5.41, 5.74) is 5.93. The summed E-state index contributed by atoms with van der Waals surface area (Å²) in [7, 11) is 0. The van der Waals surface area contributed by atoms with Crippen LogP contribution in [0.25, 0.3) is 16.7 Å². The van der Waals surface area contributed by atoms with E-state index < -0.39 is 17.5 Å². The van der Waals surface area contributed by atoms with Crippen LogP contribution < -0.4 is 5.73 Å². The molecule has 2 N–H and O–H groups in total. The Morgan fingerprint density at radius 2 is 1.80 bits per heavy atom.